The summed E-state index contributed by atoms with van der Waals surface area (Å²) in [6.07, 6.45) is 6.89. The number of ether oxygens (including phenoxy) is 1. The Kier molecular flexibility index (Phi) is 9.23. The summed E-state index contributed by atoms with van der Waals surface area (Å²) < 4.78 is 35.0. The number of hydrogen-bond donors (Lipinski definition) is 1. The van der Waals surface area contributed by atoms with E-state index in [2.05, 4.69) is 30.7 Å². The molecule has 1 aliphatic carbocycles. The molecule has 0 amide bonds. The van der Waals surface area contributed by atoms with Gasteiger partial charge in [0.2, 0.25) is 10.0 Å². The van der Waals surface area contributed by atoms with Gasteiger partial charge in [-0.15, -0.1) is 0 Å². The maximum Gasteiger partial charge on any atom is 0.247 e. The molecule has 2 aliphatic rings. The van der Waals surface area contributed by atoms with Crippen molar-refractivity contribution >= 4 is 10.0 Å². The van der Waals surface area contributed by atoms with Crippen LogP contribution in [-0.2, 0) is 10.0 Å². The van der Waals surface area contributed by atoms with Crippen molar-refractivity contribution in [2.45, 2.75) is 76.3 Å². The standard InChI is InChI=1S/C26H40N2O4S/c1-5-15-27(4)18-25-20(2)17-28(21(3)19-29)33(30,31)26-14-13-23(16-24(26)32-25)12-11-22-9-7-6-8-10-22/h13-14,16,20-22,25,29H,5-10,15,17-19H2,1-4H3/t20-,21+,25-/m1/s1. The second-order valence-corrected chi connectivity index (χ2v) is 11.6. The summed E-state index contributed by atoms with van der Waals surface area (Å²) in [5, 5.41) is 9.77. The summed E-state index contributed by atoms with van der Waals surface area (Å²) in [5.41, 5.74) is 0.783. The highest BCUT2D eigenvalue weighted by molar-refractivity contribution is 7.89. The molecule has 1 aromatic rings. The third-order valence-electron chi connectivity index (χ3n) is 6.79. The molecule has 3 rings (SSSR count). The van der Waals surface area contributed by atoms with Crippen LogP contribution in [0.25, 0.3) is 0 Å². The highest BCUT2D eigenvalue weighted by Gasteiger charge is 2.38. The molecule has 0 radical (unpaired) electrons. The highest BCUT2D eigenvalue weighted by atomic mass is 32.2. The zero-order valence-electron chi connectivity index (χ0n) is 20.6. The fourth-order valence-electron chi connectivity index (χ4n) is 4.73. The van der Waals surface area contributed by atoms with Crippen molar-refractivity contribution in [3.63, 3.8) is 0 Å². The molecule has 1 heterocycles. The Balaban J connectivity index is 1.99. The maximum atomic E-state index is 13.6. The molecule has 7 heteroatoms. The van der Waals surface area contributed by atoms with Gasteiger partial charge in [-0.1, -0.05) is 45.0 Å². The Labute approximate surface area is 200 Å². The van der Waals surface area contributed by atoms with E-state index in [1.54, 1.807) is 25.1 Å². The third kappa shape index (κ3) is 6.51. The van der Waals surface area contributed by atoms with E-state index in [0.717, 1.165) is 31.4 Å². The first-order valence-corrected chi connectivity index (χ1v) is 13.8. The molecule has 33 heavy (non-hydrogen) atoms. The van der Waals surface area contributed by atoms with Crippen molar-refractivity contribution in [2.24, 2.45) is 11.8 Å². The Morgan fingerprint density at radius 1 is 1.27 bits per heavy atom. The van der Waals surface area contributed by atoms with Crippen LogP contribution in [0.1, 0.15) is 64.9 Å². The number of sulfonamides is 1. The average Bonchev–Trinajstić information content (AvgIpc) is 2.80. The second-order valence-electron chi connectivity index (χ2n) is 9.77. The van der Waals surface area contributed by atoms with Crippen molar-refractivity contribution in [3.8, 4) is 17.6 Å². The van der Waals surface area contributed by atoms with Gasteiger partial charge in [-0.2, -0.15) is 4.31 Å². The first-order valence-electron chi connectivity index (χ1n) is 12.4. The van der Waals surface area contributed by atoms with Crippen molar-refractivity contribution in [3.05, 3.63) is 23.8 Å². The van der Waals surface area contributed by atoms with Crippen LogP contribution in [0.2, 0.25) is 0 Å². The van der Waals surface area contributed by atoms with Crippen LogP contribution in [0.5, 0.6) is 5.75 Å². The first-order chi connectivity index (χ1) is 15.8. The van der Waals surface area contributed by atoms with E-state index < -0.39 is 16.1 Å². The fourth-order valence-corrected chi connectivity index (χ4v) is 6.56. The van der Waals surface area contributed by atoms with Crippen LogP contribution < -0.4 is 4.74 Å². The van der Waals surface area contributed by atoms with Gasteiger partial charge in [0.05, 0.1) is 6.61 Å². The number of benzene rings is 1. The zero-order chi connectivity index (χ0) is 24.0. The number of fused-ring (bicyclic) bond motifs is 1. The Morgan fingerprint density at radius 3 is 2.67 bits per heavy atom. The van der Waals surface area contributed by atoms with E-state index in [-0.39, 0.29) is 23.5 Å². The van der Waals surface area contributed by atoms with Crippen molar-refractivity contribution in [1.82, 2.24) is 9.21 Å². The lowest BCUT2D eigenvalue weighted by atomic mass is 9.90. The molecule has 0 spiro atoms. The molecule has 0 unspecified atom stereocenters. The smallest absolute Gasteiger partial charge is 0.247 e. The van der Waals surface area contributed by atoms with Crippen molar-refractivity contribution < 1.29 is 18.3 Å². The topological polar surface area (TPSA) is 70.1 Å². The fraction of sp³-hybridized carbons (Fsp3) is 0.692. The average molecular weight is 477 g/mol. The normalized spacial score (nSPS) is 24.7. The van der Waals surface area contributed by atoms with Gasteiger partial charge in [-0.25, -0.2) is 8.42 Å². The van der Waals surface area contributed by atoms with Gasteiger partial charge in [0.1, 0.15) is 16.7 Å². The third-order valence-corrected chi connectivity index (χ3v) is 8.81. The van der Waals surface area contributed by atoms with Gasteiger partial charge in [0, 0.05) is 36.5 Å². The summed E-state index contributed by atoms with van der Waals surface area (Å²) >= 11 is 0. The monoisotopic (exact) mass is 476 g/mol. The Bertz CT molecular complexity index is 947. The maximum absolute atomic E-state index is 13.6. The van der Waals surface area contributed by atoms with E-state index in [1.165, 1.54) is 23.6 Å². The molecule has 0 bridgehead atoms. The van der Waals surface area contributed by atoms with Gasteiger partial charge in [0.15, 0.2) is 0 Å². The zero-order valence-corrected chi connectivity index (χ0v) is 21.4. The minimum Gasteiger partial charge on any atom is -0.487 e. The summed E-state index contributed by atoms with van der Waals surface area (Å²) in [4.78, 5) is 2.38. The molecule has 1 aromatic carbocycles. The van der Waals surface area contributed by atoms with E-state index in [1.807, 2.05) is 6.92 Å². The molecular formula is C26H40N2O4S. The minimum absolute atomic E-state index is 0.0433. The molecule has 1 fully saturated rings. The quantitative estimate of drug-likeness (QED) is 0.634. The number of hydrogen-bond acceptors (Lipinski definition) is 5. The van der Waals surface area contributed by atoms with E-state index in [4.69, 9.17) is 4.74 Å². The SMILES string of the molecule is CCCN(C)C[C@H]1Oc2cc(C#CC3CCCCC3)ccc2S(=O)(=O)N([C@@H](C)CO)C[C@H]1C. The predicted octanol–water partition coefficient (Wildman–Crippen LogP) is 3.73. The molecule has 0 saturated heterocycles. The number of nitrogens with zero attached hydrogens (tertiary/aromatic N) is 2. The summed E-state index contributed by atoms with van der Waals surface area (Å²) in [6, 6.07) is 4.68. The Hall–Kier alpha value is -1.59. The molecule has 1 aliphatic heterocycles. The molecule has 1 saturated carbocycles. The van der Waals surface area contributed by atoms with Crippen LogP contribution in [0.4, 0.5) is 0 Å². The summed E-state index contributed by atoms with van der Waals surface area (Å²) in [6.45, 7) is 7.63. The van der Waals surface area contributed by atoms with Crippen LogP contribution in [-0.4, -0.2) is 68.2 Å². The van der Waals surface area contributed by atoms with Crippen LogP contribution >= 0.6 is 0 Å². The van der Waals surface area contributed by atoms with Crippen molar-refractivity contribution in [2.75, 3.05) is 33.3 Å². The van der Waals surface area contributed by atoms with E-state index >= 15 is 0 Å². The largest absolute Gasteiger partial charge is 0.487 e. The van der Waals surface area contributed by atoms with Gasteiger partial charge in [0.25, 0.3) is 0 Å². The lowest BCUT2D eigenvalue weighted by molar-refractivity contribution is 0.0752. The number of rotatable bonds is 6. The van der Waals surface area contributed by atoms with E-state index in [0.29, 0.717) is 24.8 Å². The van der Waals surface area contributed by atoms with Gasteiger partial charge in [-0.05, 0) is 58.0 Å². The van der Waals surface area contributed by atoms with Crippen LogP contribution in [0, 0.1) is 23.7 Å². The summed E-state index contributed by atoms with van der Waals surface area (Å²) in [7, 11) is -1.75. The molecule has 0 aromatic heterocycles. The highest BCUT2D eigenvalue weighted by Crippen LogP contribution is 2.34. The van der Waals surface area contributed by atoms with Crippen molar-refractivity contribution in [1.29, 1.82) is 0 Å². The molecular weight excluding hydrogens is 436 g/mol. The van der Waals surface area contributed by atoms with Gasteiger partial charge >= 0.3 is 0 Å². The van der Waals surface area contributed by atoms with Crippen LogP contribution in [0.3, 0.4) is 0 Å². The molecule has 3 atom stereocenters. The number of aliphatic hydroxyl groups is 1. The molecule has 6 nitrogen and oxygen atoms in total. The minimum atomic E-state index is -3.81. The van der Waals surface area contributed by atoms with E-state index in [9.17, 15) is 13.5 Å². The molecule has 184 valence electrons. The lowest BCUT2D eigenvalue weighted by Gasteiger charge is -2.37. The predicted molar refractivity (Wildman–Crippen MR) is 132 cm³/mol. The number of aliphatic hydroxyl groups excluding tert-OH is 1. The lowest BCUT2D eigenvalue weighted by Crippen LogP contribution is -2.49. The molecule has 1 N–H and O–H groups in total. The Morgan fingerprint density at radius 2 is 2.00 bits per heavy atom. The second kappa shape index (κ2) is 11.7. The van der Waals surface area contributed by atoms with Crippen LogP contribution in [0.15, 0.2) is 23.1 Å². The summed E-state index contributed by atoms with van der Waals surface area (Å²) in [5.74, 6) is 7.40. The first kappa shape index (κ1) is 26.0. The van der Waals surface area contributed by atoms with Gasteiger partial charge < -0.3 is 14.7 Å². The number of likely N-dealkylation sites (N-methyl/N-ethyl adjacent to an activating group) is 1. The van der Waals surface area contributed by atoms with Gasteiger partial charge in [-0.3, -0.25) is 0 Å².